The standard InChI is InChI=1S/C20H21BrClNO4S/c1-11-3-4-14(7-12(11)2)26-5-6-27-18-15(8-13(22)9-16(18)21)19-23-17(10-28-19)20(24)25/h3-4,7-9,17,19,23H,5-6,10H2,1-2H3,(H,24,25). The fraction of sp³-hybridized carbons (Fsp3) is 0.350. The first-order chi connectivity index (χ1) is 13.3. The second kappa shape index (κ2) is 9.39. The molecule has 0 saturated carbocycles. The fourth-order valence-electron chi connectivity index (χ4n) is 2.83. The summed E-state index contributed by atoms with van der Waals surface area (Å²) in [4.78, 5) is 11.2. The molecule has 28 heavy (non-hydrogen) atoms. The first kappa shape index (κ1) is 21.3. The van der Waals surface area contributed by atoms with E-state index in [1.165, 1.54) is 22.9 Å². The number of halogens is 2. The number of hydrogen-bond donors (Lipinski definition) is 2. The van der Waals surface area contributed by atoms with Crippen molar-refractivity contribution in [2.45, 2.75) is 25.3 Å². The quantitative estimate of drug-likeness (QED) is 0.539. The smallest absolute Gasteiger partial charge is 0.321 e. The molecule has 1 heterocycles. The molecule has 2 aromatic carbocycles. The molecule has 0 aromatic heterocycles. The van der Waals surface area contributed by atoms with E-state index < -0.39 is 12.0 Å². The van der Waals surface area contributed by atoms with Gasteiger partial charge in [-0.3, -0.25) is 10.1 Å². The van der Waals surface area contributed by atoms with E-state index >= 15 is 0 Å². The Morgan fingerprint density at radius 2 is 2.00 bits per heavy atom. The number of carbonyl (C=O) groups is 1. The van der Waals surface area contributed by atoms with Gasteiger partial charge in [0, 0.05) is 16.3 Å². The molecule has 150 valence electrons. The zero-order chi connectivity index (χ0) is 20.3. The van der Waals surface area contributed by atoms with E-state index in [0.29, 0.717) is 29.7 Å². The molecule has 0 amide bonds. The Bertz CT molecular complexity index is 880. The highest BCUT2D eigenvalue weighted by molar-refractivity contribution is 9.10. The normalized spacial score (nSPS) is 18.9. The third-order valence-electron chi connectivity index (χ3n) is 4.48. The number of ether oxygens (including phenoxy) is 2. The summed E-state index contributed by atoms with van der Waals surface area (Å²) in [7, 11) is 0. The van der Waals surface area contributed by atoms with Crippen molar-refractivity contribution in [3.8, 4) is 11.5 Å². The Balaban J connectivity index is 1.66. The van der Waals surface area contributed by atoms with Crippen LogP contribution in [0.5, 0.6) is 11.5 Å². The van der Waals surface area contributed by atoms with E-state index in [0.717, 1.165) is 15.8 Å². The highest BCUT2D eigenvalue weighted by Crippen LogP contribution is 2.42. The summed E-state index contributed by atoms with van der Waals surface area (Å²) in [5, 5.41) is 12.7. The Hall–Kier alpha value is -1.41. The van der Waals surface area contributed by atoms with Crippen LogP contribution >= 0.6 is 39.3 Å². The molecule has 2 N–H and O–H groups in total. The molecule has 1 aliphatic rings. The van der Waals surface area contributed by atoms with Crippen LogP contribution in [0.4, 0.5) is 0 Å². The van der Waals surface area contributed by atoms with Gasteiger partial charge in [0.2, 0.25) is 0 Å². The van der Waals surface area contributed by atoms with Gasteiger partial charge in [0.05, 0.1) is 9.85 Å². The Kier molecular flexibility index (Phi) is 7.15. The summed E-state index contributed by atoms with van der Waals surface area (Å²) in [6.45, 7) is 4.85. The molecule has 2 atom stereocenters. The number of carboxylic acid groups (broad SMARTS) is 1. The molecular formula is C20H21BrClNO4S. The lowest BCUT2D eigenvalue weighted by atomic mass is 10.1. The Labute approximate surface area is 181 Å². The van der Waals surface area contributed by atoms with E-state index in [2.05, 4.69) is 28.2 Å². The van der Waals surface area contributed by atoms with Crippen molar-refractivity contribution in [1.82, 2.24) is 5.32 Å². The largest absolute Gasteiger partial charge is 0.490 e. The summed E-state index contributed by atoms with van der Waals surface area (Å²) in [6.07, 6.45) is 0. The van der Waals surface area contributed by atoms with Crippen LogP contribution in [-0.4, -0.2) is 36.1 Å². The topological polar surface area (TPSA) is 67.8 Å². The highest BCUT2D eigenvalue weighted by Gasteiger charge is 2.32. The molecule has 1 fully saturated rings. The lowest BCUT2D eigenvalue weighted by molar-refractivity contribution is -0.138. The molecule has 2 unspecified atom stereocenters. The number of aliphatic carboxylic acids is 1. The first-order valence-electron chi connectivity index (χ1n) is 8.77. The maximum absolute atomic E-state index is 11.2. The molecule has 2 aromatic rings. The van der Waals surface area contributed by atoms with Gasteiger partial charge in [0.25, 0.3) is 0 Å². The second-order valence-corrected chi connectivity index (χ2v) is 8.95. The van der Waals surface area contributed by atoms with Crippen molar-refractivity contribution < 1.29 is 19.4 Å². The van der Waals surface area contributed by atoms with E-state index in [4.69, 9.17) is 21.1 Å². The third kappa shape index (κ3) is 5.14. The van der Waals surface area contributed by atoms with E-state index in [1.54, 1.807) is 12.1 Å². The minimum Gasteiger partial charge on any atom is -0.490 e. The lowest BCUT2D eigenvalue weighted by Gasteiger charge is -2.19. The van der Waals surface area contributed by atoms with Gasteiger partial charge in [0.15, 0.2) is 0 Å². The van der Waals surface area contributed by atoms with Crippen LogP contribution in [0.1, 0.15) is 22.1 Å². The molecule has 0 radical (unpaired) electrons. The van der Waals surface area contributed by atoms with E-state index in [-0.39, 0.29) is 5.37 Å². The number of rotatable bonds is 7. The number of carboxylic acids is 1. The van der Waals surface area contributed by atoms with Crippen molar-refractivity contribution in [2.75, 3.05) is 19.0 Å². The zero-order valence-electron chi connectivity index (χ0n) is 15.5. The molecule has 0 spiro atoms. The van der Waals surface area contributed by atoms with Gasteiger partial charge < -0.3 is 14.6 Å². The van der Waals surface area contributed by atoms with E-state index in [9.17, 15) is 9.90 Å². The van der Waals surface area contributed by atoms with Gasteiger partial charge in [-0.15, -0.1) is 11.8 Å². The highest BCUT2D eigenvalue weighted by atomic mass is 79.9. The molecule has 5 nitrogen and oxygen atoms in total. The van der Waals surface area contributed by atoms with Crippen molar-refractivity contribution in [2.24, 2.45) is 0 Å². The average molecular weight is 487 g/mol. The summed E-state index contributed by atoms with van der Waals surface area (Å²) in [5.41, 5.74) is 3.22. The molecular weight excluding hydrogens is 466 g/mol. The first-order valence-corrected chi connectivity index (χ1v) is 11.0. The van der Waals surface area contributed by atoms with Crippen LogP contribution in [0, 0.1) is 13.8 Å². The molecule has 3 rings (SSSR count). The molecule has 1 aliphatic heterocycles. The molecule has 8 heteroatoms. The van der Waals surface area contributed by atoms with Crippen LogP contribution < -0.4 is 14.8 Å². The second-order valence-electron chi connectivity index (χ2n) is 6.52. The van der Waals surface area contributed by atoms with Crippen LogP contribution in [0.3, 0.4) is 0 Å². The predicted octanol–water partition coefficient (Wildman–Crippen LogP) is 4.97. The van der Waals surface area contributed by atoms with Gasteiger partial charge in [-0.1, -0.05) is 17.7 Å². The molecule has 0 bridgehead atoms. The van der Waals surface area contributed by atoms with Gasteiger partial charge in [0.1, 0.15) is 30.8 Å². The predicted molar refractivity (Wildman–Crippen MR) is 116 cm³/mol. The minimum absolute atomic E-state index is 0.202. The van der Waals surface area contributed by atoms with Gasteiger partial charge in [-0.25, -0.2) is 0 Å². The lowest BCUT2D eigenvalue weighted by Crippen LogP contribution is -2.33. The molecule has 0 aliphatic carbocycles. The SMILES string of the molecule is Cc1ccc(OCCOc2c(Br)cc(Cl)cc2C2NC(C(=O)O)CS2)cc1C. The average Bonchev–Trinajstić information content (AvgIpc) is 3.13. The third-order valence-corrected chi connectivity index (χ3v) is 6.53. The van der Waals surface area contributed by atoms with Crippen LogP contribution in [0.25, 0.3) is 0 Å². The monoisotopic (exact) mass is 485 g/mol. The van der Waals surface area contributed by atoms with Crippen LogP contribution in [0.2, 0.25) is 5.02 Å². The summed E-state index contributed by atoms with van der Waals surface area (Å²) < 4.78 is 12.5. The van der Waals surface area contributed by atoms with Crippen molar-refractivity contribution in [3.05, 3.63) is 56.5 Å². The Morgan fingerprint density at radius 3 is 2.68 bits per heavy atom. The molecule has 1 saturated heterocycles. The number of thioether (sulfide) groups is 1. The number of aryl methyl sites for hydroxylation is 2. The van der Waals surface area contributed by atoms with E-state index in [1.807, 2.05) is 25.1 Å². The zero-order valence-corrected chi connectivity index (χ0v) is 18.7. The van der Waals surface area contributed by atoms with Crippen LogP contribution in [-0.2, 0) is 4.79 Å². The number of benzene rings is 2. The van der Waals surface area contributed by atoms with Gasteiger partial charge >= 0.3 is 5.97 Å². The fourth-order valence-corrected chi connectivity index (χ4v) is 5.02. The summed E-state index contributed by atoms with van der Waals surface area (Å²) in [5.74, 6) is 1.07. The maximum Gasteiger partial charge on any atom is 0.321 e. The minimum atomic E-state index is -0.861. The number of nitrogens with one attached hydrogen (secondary N) is 1. The number of hydrogen-bond acceptors (Lipinski definition) is 5. The van der Waals surface area contributed by atoms with Crippen LogP contribution in [0.15, 0.2) is 34.8 Å². The van der Waals surface area contributed by atoms with Crippen molar-refractivity contribution in [1.29, 1.82) is 0 Å². The Morgan fingerprint density at radius 1 is 1.25 bits per heavy atom. The van der Waals surface area contributed by atoms with Crippen molar-refractivity contribution >= 4 is 45.3 Å². The summed E-state index contributed by atoms with van der Waals surface area (Å²) in [6, 6.07) is 8.95. The van der Waals surface area contributed by atoms with Gasteiger partial charge in [-0.05, 0) is 65.2 Å². The maximum atomic E-state index is 11.2. The van der Waals surface area contributed by atoms with Crippen molar-refractivity contribution in [3.63, 3.8) is 0 Å². The van der Waals surface area contributed by atoms with Gasteiger partial charge in [-0.2, -0.15) is 0 Å². The summed E-state index contributed by atoms with van der Waals surface area (Å²) >= 11 is 11.2.